The van der Waals surface area contributed by atoms with Crippen molar-refractivity contribution in [2.24, 2.45) is 0 Å². The van der Waals surface area contributed by atoms with E-state index in [2.05, 4.69) is 20.9 Å². The molecule has 1 aromatic heterocycles. The maximum Gasteiger partial charge on any atom is 0.384 e. The van der Waals surface area contributed by atoms with Crippen LogP contribution >= 0.6 is 26.6 Å². The molecule has 0 N–H and O–H groups in total. The molecule has 76 valence electrons. The highest BCUT2D eigenvalue weighted by Gasteiger charge is 2.28. The molecule has 1 aromatic rings. The predicted molar refractivity (Wildman–Crippen MR) is 51.6 cm³/mol. The second-order valence-electron chi connectivity index (χ2n) is 2.14. The first-order valence-corrected chi connectivity index (χ1v) is 6.18. The summed E-state index contributed by atoms with van der Waals surface area (Å²) in [5.74, 6) is -0.797. The van der Waals surface area contributed by atoms with Crippen molar-refractivity contribution in [1.29, 1.82) is 0 Å². The second kappa shape index (κ2) is 3.79. The van der Waals surface area contributed by atoms with Gasteiger partial charge in [0, 0.05) is 15.2 Å². The summed E-state index contributed by atoms with van der Waals surface area (Å²) in [4.78, 5) is 12.2. The van der Waals surface area contributed by atoms with Crippen molar-refractivity contribution in [3.05, 3.63) is 26.9 Å². The fourth-order valence-corrected chi connectivity index (χ4v) is 3.09. The van der Waals surface area contributed by atoms with E-state index in [1.165, 1.54) is 6.07 Å². The Balaban J connectivity index is 3.62. The van der Waals surface area contributed by atoms with Crippen molar-refractivity contribution in [2.45, 2.75) is 4.90 Å². The van der Waals surface area contributed by atoms with Gasteiger partial charge < -0.3 is 10.1 Å². The lowest BCUT2D eigenvalue weighted by atomic mass is 10.5. The van der Waals surface area contributed by atoms with Gasteiger partial charge in [-0.2, -0.15) is 0 Å². The van der Waals surface area contributed by atoms with Crippen LogP contribution < -0.4 is 0 Å². The molecule has 0 saturated heterocycles. The number of halogens is 2. The van der Waals surface area contributed by atoms with E-state index in [0.29, 0.717) is 0 Å². The summed E-state index contributed by atoms with van der Waals surface area (Å²) in [5, 5.41) is 10.4. The van der Waals surface area contributed by atoms with Crippen LogP contribution in [0.3, 0.4) is 0 Å². The van der Waals surface area contributed by atoms with Gasteiger partial charge in [0.25, 0.3) is 9.05 Å². The minimum atomic E-state index is -4.19. The summed E-state index contributed by atoms with van der Waals surface area (Å²) >= 11 is 2.84. The zero-order valence-corrected chi connectivity index (χ0v) is 9.50. The van der Waals surface area contributed by atoms with Gasteiger partial charge in [0.2, 0.25) is 0 Å². The van der Waals surface area contributed by atoms with Gasteiger partial charge in [-0.15, -0.1) is 0 Å². The number of hydrogen-bond donors (Lipinski definition) is 0. The van der Waals surface area contributed by atoms with Crippen LogP contribution in [0, 0.1) is 10.1 Å². The second-order valence-corrected chi connectivity index (χ2v) is 5.50. The smallest absolute Gasteiger partial charge is 0.358 e. The predicted octanol–water partition coefficient (Wildman–Crippen LogP) is 1.68. The first-order valence-electron chi connectivity index (χ1n) is 3.07. The van der Waals surface area contributed by atoms with E-state index in [1.54, 1.807) is 0 Å². The SMILES string of the molecule is O=[N+]([O-])c1nccc(Br)c1S(=O)(=O)Cl. The summed E-state index contributed by atoms with van der Waals surface area (Å²) in [6.45, 7) is 0. The number of hydrogen-bond acceptors (Lipinski definition) is 5. The lowest BCUT2D eigenvalue weighted by molar-refractivity contribution is -0.392. The summed E-state index contributed by atoms with van der Waals surface area (Å²) in [6.07, 6.45) is 1.10. The molecule has 0 bridgehead atoms. The molecule has 6 nitrogen and oxygen atoms in total. The molecule has 0 aliphatic heterocycles. The van der Waals surface area contributed by atoms with Gasteiger partial charge in [-0.1, -0.05) is 0 Å². The lowest BCUT2D eigenvalue weighted by Crippen LogP contribution is -2.02. The van der Waals surface area contributed by atoms with E-state index >= 15 is 0 Å². The largest absolute Gasteiger partial charge is 0.384 e. The molecule has 1 heterocycles. The van der Waals surface area contributed by atoms with Gasteiger partial charge in [-0.3, -0.25) is 0 Å². The van der Waals surface area contributed by atoms with E-state index in [-0.39, 0.29) is 4.47 Å². The van der Waals surface area contributed by atoms with Gasteiger partial charge >= 0.3 is 5.82 Å². The van der Waals surface area contributed by atoms with Gasteiger partial charge in [-0.05, 0) is 31.9 Å². The molecule has 0 fully saturated rings. The molecule has 0 spiro atoms. The Kier molecular flexibility index (Phi) is 3.07. The summed E-state index contributed by atoms with van der Waals surface area (Å²) in [5.41, 5.74) is 0. The van der Waals surface area contributed by atoms with E-state index in [4.69, 9.17) is 10.7 Å². The van der Waals surface area contributed by atoms with Crippen LogP contribution in [0.4, 0.5) is 5.82 Å². The summed E-state index contributed by atoms with van der Waals surface area (Å²) in [7, 11) is 0.823. The highest BCUT2D eigenvalue weighted by Crippen LogP contribution is 2.31. The van der Waals surface area contributed by atoms with Crippen molar-refractivity contribution in [3.63, 3.8) is 0 Å². The lowest BCUT2D eigenvalue weighted by Gasteiger charge is -1.99. The molecule has 9 heteroatoms. The molecule has 0 radical (unpaired) electrons. The van der Waals surface area contributed by atoms with Crippen LogP contribution in [0.5, 0.6) is 0 Å². The fourth-order valence-electron chi connectivity index (χ4n) is 0.770. The first-order chi connectivity index (χ1) is 6.34. The van der Waals surface area contributed by atoms with Crippen molar-refractivity contribution >= 4 is 41.5 Å². The Morgan fingerprint density at radius 2 is 2.14 bits per heavy atom. The van der Waals surface area contributed by atoms with Crippen molar-refractivity contribution in [1.82, 2.24) is 4.98 Å². The number of pyridine rings is 1. The van der Waals surface area contributed by atoms with Gasteiger partial charge in [0.15, 0.2) is 4.90 Å². The fraction of sp³-hybridized carbons (Fsp3) is 0. The molecular weight excluding hydrogens is 299 g/mol. The quantitative estimate of drug-likeness (QED) is 0.471. The first kappa shape index (κ1) is 11.3. The molecule has 0 aliphatic rings. The summed E-state index contributed by atoms with van der Waals surface area (Å²) in [6, 6.07) is 1.25. The molecule has 1 rings (SSSR count). The standard InChI is InChI=1S/C5H2BrClN2O4S/c6-3-1-2-8-5(9(10)11)4(3)14(7,12)13/h1-2H. The minimum absolute atomic E-state index is 0.00852. The summed E-state index contributed by atoms with van der Waals surface area (Å²) < 4.78 is 21.9. The van der Waals surface area contributed by atoms with Crippen LogP contribution in [0.25, 0.3) is 0 Å². The maximum atomic E-state index is 11.0. The Morgan fingerprint density at radius 1 is 1.57 bits per heavy atom. The van der Waals surface area contributed by atoms with E-state index in [0.717, 1.165) is 6.20 Å². The van der Waals surface area contributed by atoms with Gasteiger partial charge in [0.05, 0.1) is 0 Å². The topological polar surface area (TPSA) is 90.2 Å². The zero-order valence-electron chi connectivity index (χ0n) is 6.35. The molecule has 0 aliphatic carbocycles. The van der Waals surface area contributed by atoms with Crippen molar-refractivity contribution in [3.8, 4) is 0 Å². The third-order valence-electron chi connectivity index (χ3n) is 1.25. The third kappa shape index (κ3) is 2.20. The molecule has 0 saturated carbocycles. The molecule has 0 amide bonds. The number of aromatic nitrogens is 1. The van der Waals surface area contributed by atoms with E-state index in [1.807, 2.05) is 0 Å². The molecule has 0 aromatic carbocycles. The zero-order chi connectivity index (χ0) is 10.9. The number of nitro groups is 1. The Morgan fingerprint density at radius 3 is 2.50 bits per heavy atom. The molecule has 14 heavy (non-hydrogen) atoms. The average molecular weight is 302 g/mol. The Labute approximate surface area is 91.6 Å². The molecular formula is C5H2BrClN2O4S. The van der Waals surface area contributed by atoms with Crippen LogP contribution in [-0.4, -0.2) is 18.3 Å². The highest BCUT2D eigenvalue weighted by atomic mass is 79.9. The molecule has 0 unspecified atom stereocenters. The van der Waals surface area contributed by atoms with Crippen LogP contribution in [0.15, 0.2) is 21.6 Å². The van der Waals surface area contributed by atoms with E-state index in [9.17, 15) is 18.5 Å². The highest BCUT2D eigenvalue weighted by molar-refractivity contribution is 9.10. The Bertz CT molecular complexity index is 489. The minimum Gasteiger partial charge on any atom is -0.358 e. The number of nitrogens with zero attached hydrogens (tertiary/aromatic N) is 2. The maximum absolute atomic E-state index is 11.0. The van der Waals surface area contributed by atoms with Gasteiger partial charge in [0.1, 0.15) is 6.20 Å². The molecule has 0 atom stereocenters. The Hall–Kier alpha value is -0.730. The number of rotatable bonds is 2. The normalized spacial score (nSPS) is 11.3. The van der Waals surface area contributed by atoms with Crippen LogP contribution in [-0.2, 0) is 9.05 Å². The van der Waals surface area contributed by atoms with E-state index < -0.39 is 24.7 Å². The third-order valence-corrected chi connectivity index (χ3v) is 3.53. The van der Waals surface area contributed by atoms with Crippen molar-refractivity contribution < 1.29 is 13.3 Å². The van der Waals surface area contributed by atoms with Gasteiger partial charge in [-0.25, -0.2) is 8.42 Å². The van der Waals surface area contributed by atoms with Crippen LogP contribution in [0.1, 0.15) is 0 Å². The monoisotopic (exact) mass is 300 g/mol. The van der Waals surface area contributed by atoms with Crippen LogP contribution in [0.2, 0.25) is 0 Å². The van der Waals surface area contributed by atoms with Crippen molar-refractivity contribution in [2.75, 3.05) is 0 Å². The average Bonchev–Trinajstić information content (AvgIpc) is 2.01.